The average Bonchev–Trinajstić information content (AvgIpc) is 2.76. The molecule has 0 aliphatic rings. The summed E-state index contributed by atoms with van der Waals surface area (Å²) in [6.07, 6.45) is 0.331. The highest BCUT2D eigenvalue weighted by Crippen LogP contribution is 2.36. The molecule has 2 N–H and O–H groups in total. The van der Waals surface area contributed by atoms with Gasteiger partial charge in [-0.3, -0.25) is 5.32 Å². The van der Waals surface area contributed by atoms with E-state index in [9.17, 15) is 4.79 Å². The fraction of sp³-hybridized carbons (Fsp3) is 0.0909. The highest BCUT2D eigenvalue weighted by Gasteiger charge is 2.12. The van der Waals surface area contributed by atoms with Crippen LogP contribution in [0.25, 0.3) is 10.6 Å². The Kier molecular flexibility index (Phi) is 3.69. The zero-order valence-electron chi connectivity index (χ0n) is 9.31. The van der Waals surface area contributed by atoms with Gasteiger partial charge in [-0.2, -0.15) is 0 Å². The van der Waals surface area contributed by atoms with Crippen molar-refractivity contribution in [3.63, 3.8) is 0 Å². The minimum atomic E-state index is -1.12. The van der Waals surface area contributed by atoms with Crippen molar-refractivity contribution in [2.24, 2.45) is 0 Å². The second-order valence-corrected chi connectivity index (χ2v) is 4.77. The van der Waals surface area contributed by atoms with Gasteiger partial charge in [0.15, 0.2) is 0 Å². The molecular weight excluding hydrogens is 276 g/mol. The van der Waals surface area contributed by atoms with Crippen LogP contribution in [0.4, 0.5) is 9.80 Å². The van der Waals surface area contributed by atoms with Crippen LogP contribution in [0, 0.1) is 0 Å². The predicted octanol–water partition coefficient (Wildman–Crippen LogP) is 3.56. The van der Waals surface area contributed by atoms with E-state index >= 15 is 0 Å². The first kappa shape index (κ1) is 12.7. The standard InChI is InChI=1S/C11H9ClN2O3S/c1-17-8-3-2-6(12)4-7(8)10-13-5-9(18-10)14-11(15)16/h2-5,14H,1H3,(H,15,16). The summed E-state index contributed by atoms with van der Waals surface area (Å²) in [5, 5.41) is 12.5. The fourth-order valence-corrected chi connectivity index (χ4v) is 2.41. The summed E-state index contributed by atoms with van der Waals surface area (Å²) in [5.41, 5.74) is 0.730. The van der Waals surface area contributed by atoms with E-state index in [0.717, 1.165) is 5.56 Å². The Hall–Kier alpha value is -1.79. The maximum absolute atomic E-state index is 10.5. The second-order valence-electron chi connectivity index (χ2n) is 3.30. The van der Waals surface area contributed by atoms with Crippen LogP contribution in [0.5, 0.6) is 5.75 Å². The van der Waals surface area contributed by atoms with Crippen LogP contribution in [0.2, 0.25) is 5.02 Å². The molecule has 1 amide bonds. The number of aromatic nitrogens is 1. The molecule has 0 spiro atoms. The van der Waals surface area contributed by atoms with Gasteiger partial charge in [-0.1, -0.05) is 22.9 Å². The smallest absolute Gasteiger partial charge is 0.409 e. The molecule has 2 rings (SSSR count). The summed E-state index contributed by atoms with van der Waals surface area (Å²) >= 11 is 7.14. The van der Waals surface area contributed by atoms with Crippen LogP contribution < -0.4 is 10.1 Å². The van der Waals surface area contributed by atoms with Gasteiger partial charge < -0.3 is 9.84 Å². The number of nitrogens with zero attached hydrogens (tertiary/aromatic N) is 1. The normalized spacial score (nSPS) is 10.1. The number of benzene rings is 1. The van der Waals surface area contributed by atoms with Crippen LogP contribution in [0.15, 0.2) is 24.4 Å². The molecule has 2 aromatic rings. The summed E-state index contributed by atoms with van der Waals surface area (Å²) in [6, 6.07) is 5.18. The van der Waals surface area contributed by atoms with Crippen LogP contribution in [0.3, 0.4) is 0 Å². The van der Waals surface area contributed by atoms with Crippen molar-refractivity contribution in [2.45, 2.75) is 0 Å². The van der Waals surface area contributed by atoms with Gasteiger partial charge in [0.1, 0.15) is 15.8 Å². The number of anilines is 1. The van der Waals surface area contributed by atoms with Gasteiger partial charge in [0.05, 0.1) is 18.9 Å². The first-order valence-electron chi connectivity index (χ1n) is 4.90. The number of thiazole rings is 1. The fourth-order valence-electron chi connectivity index (χ4n) is 1.41. The van der Waals surface area contributed by atoms with Gasteiger partial charge in [-0.05, 0) is 18.2 Å². The van der Waals surface area contributed by atoms with E-state index in [1.54, 1.807) is 25.3 Å². The van der Waals surface area contributed by atoms with Crippen molar-refractivity contribution < 1.29 is 14.6 Å². The number of halogens is 1. The minimum absolute atomic E-state index is 0.444. The molecular formula is C11H9ClN2O3S. The lowest BCUT2D eigenvalue weighted by Gasteiger charge is -2.05. The third kappa shape index (κ3) is 2.72. The van der Waals surface area contributed by atoms with Gasteiger partial charge in [-0.15, -0.1) is 0 Å². The van der Waals surface area contributed by atoms with Crippen molar-refractivity contribution in [1.82, 2.24) is 4.98 Å². The third-order valence-corrected chi connectivity index (χ3v) is 3.31. The van der Waals surface area contributed by atoms with Gasteiger partial charge in [0.25, 0.3) is 0 Å². The average molecular weight is 285 g/mol. The van der Waals surface area contributed by atoms with E-state index in [1.807, 2.05) is 0 Å². The number of carboxylic acid groups (broad SMARTS) is 1. The lowest BCUT2D eigenvalue weighted by atomic mass is 10.2. The van der Waals surface area contributed by atoms with Gasteiger partial charge in [-0.25, -0.2) is 9.78 Å². The van der Waals surface area contributed by atoms with Gasteiger partial charge >= 0.3 is 6.09 Å². The van der Waals surface area contributed by atoms with Gasteiger partial charge in [0.2, 0.25) is 0 Å². The molecule has 0 saturated carbocycles. The van der Waals surface area contributed by atoms with Crippen LogP contribution in [-0.2, 0) is 0 Å². The van der Waals surface area contributed by atoms with Crippen molar-refractivity contribution in [2.75, 3.05) is 12.4 Å². The lowest BCUT2D eigenvalue weighted by Crippen LogP contribution is -2.05. The summed E-state index contributed by atoms with van der Waals surface area (Å²) in [6.45, 7) is 0. The van der Waals surface area contributed by atoms with E-state index in [0.29, 0.717) is 20.8 Å². The Morgan fingerprint density at radius 1 is 1.56 bits per heavy atom. The SMILES string of the molecule is COc1ccc(Cl)cc1-c1ncc(NC(=O)O)s1. The molecule has 94 valence electrons. The summed E-state index contributed by atoms with van der Waals surface area (Å²) in [4.78, 5) is 14.7. The molecule has 7 heteroatoms. The molecule has 0 fully saturated rings. The number of rotatable bonds is 3. The molecule has 0 aliphatic heterocycles. The highest BCUT2D eigenvalue weighted by molar-refractivity contribution is 7.19. The molecule has 5 nitrogen and oxygen atoms in total. The lowest BCUT2D eigenvalue weighted by molar-refractivity contribution is 0.210. The van der Waals surface area contributed by atoms with Crippen molar-refractivity contribution in [1.29, 1.82) is 0 Å². The Bertz CT molecular complexity index is 585. The Morgan fingerprint density at radius 3 is 3.00 bits per heavy atom. The summed E-state index contributed by atoms with van der Waals surface area (Å²) < 4.78 is 5.22. The Morgan fingerprint density at radius 2 is 2.33 bits per heavy atom. The van der Waals surface area contributed by atoms with E-state index in [-0.39, 0.29) is 0 Å². The molecule has 0 saturated heterocycles. The summed E-state index contributed by atoms with van der Waals surface area (Å²) in [5.74, 6) is 0.635. The number of hydrogen-bond donors (Lipinski definition) is 2. The molecule has 0 atom stereocenters. The van der Waals surface area contributed by atoms with Crippen molar-refractivity contribution in [3.05, 3.63) is 29.4 Å². The maximum Gasteiger partial charge on any atom is 0.409 e. The number of amides is 1. The first-order chi connectivity index (χ1) is 8.60. The van der Waals surface area contributed by atoms with Gasteiger partial charge in [0, 0.05) is 5.02 Å². The number of nitrogens with one attached hydrogen (secondary N) is 1. The number of methoxy groups -OCH3 is 1. The van der Waals surface area contributed by atoms with E-state index in [4.69, 9.17) is 21.4 Å². The minimum Gasteiger partial charge on any atom is -0.496 e. The zero-order chi connectivity index (χ0) is 13.1. The first-order valence-corrected chi connectivity index (χ1v) is 6.09. The van der Waals surface area contributed by atoms with Crippen LogP contribution in [-0.4, -0.2) is 23.3 Å². The molecule has 0 aliphatic carbocycles. The molecule has 0 radical (unpaired) electrons. The second kappa shape index (κ2) is 5.24. The van der Waals surface area contributed by atoms with E-state index in [1.165, 1.54) is 17.5 Å². The predicted molar refractivity (Wildman–Crippen MR) is 70.8 cm³/mol. The largest absolute Gasteiger partial charge is 0.496 e. The third-order valence-electron chi connectivity index (χ3n) is 2.13. The zero-order valence-corrected chi connectivity index (χ0v) is 10.9. The van der Waals surface area contributed by atoms with E-state index in [2.05, 4.69) is 10.3 Å². The molecule has 1 heterocycles. The van der Waals surface area contributed by atoms with Crippen molar-refractivity contribution in [3.8, 4) is 16.3 Å². The monoisotopic (exact) mass is 284 g/mol. The maximum atomic E-state index is 10.5. The topological polar surface area (TPSA) is 71.5 Å². The number of carbonyl (C=O) groups is 1. The summed E-state index contributed by atoms with van der Waals surface area (Å²) in [7, 11) is 1.55. The van der Waals surface area contributed by atoms with Crippen LogP contribution in [0.1, 0.15) is 0 Å². The molecule has 18 heavy (non-hydrogen) atoms. The number of ether oxygens (including phenoxy) is 1. The molecule has 1 aromatic heterocycles. The van der Waals surface area contributed by atoms with E-state index < -0.39 is 6.09 Å². The van der Waals surface area contributed by atoms with Crippen molar-refractivity contribution >= 4 is 34.0 Å². The molecule has 0 bridgehead atoms. The highest BCUT2D eigenvalue weighted by atomic mass is 35.5. The molecule has 0 unspecified atom stereocenters. The molecule has 1 aromatic carbocycles. The Balaban J connectivity index is 2.38. The quantitative estimate of drug-likeness (QED) is 0.904. The van der Waals surface area contributed by atoms with Crippen LogP contribution >= 0.6 is 22.9 Å². The Labute approximate surface area is 112 Å². The number of hydrogen-bond acceptors (Lipinski definition) is 4.